The van der Waals surface area contributed by atoms with Crippen molar-refractivity contribution < 1.29 is 50.6 Å². The summed E-state index contributed by atoms with van der Waals surface area (Å²) in [7, 11) is -4.27. The summed E-state index contributed by atoms with van der Waals surface area (Å²) in [5, 5.41) is 14.8. The summed E-state index contributed by atoms with van der Waals surface area (Å²) < 4.78 is 73.9. The summed E-state index contributed by atoms with van der Waals surface area (Å²) in [6.07, 6.45) is 4.24. The van der Waals surface area contributed by atoms with Crippen molar-refractivity contribution in [1.82, 2.24) is 5.32 Å². The highest BCUT2D eigenvalue weighted by atomic mass is 32.2. The Bertz CT molecular complexity index is 1770. The van der Waals surface area contributed by atoms with Gasteiger partial charge in [-0.3, -0.25) is 9.59 Å². The van der Waals surface area contributed by atoms with Gasteiger partial charge in [0, 0.05) is 11.7 Å². The molecule has 44 heavy (non-hydrogen) atoms. The molecule has 4 atom stereocenters. The van der Waals surface area contributed by atoms with Gasteiger partial charge in [0.15, 0.2) is 0 Å². The molecule has 1 fully saturated rings. The highest BCUT2D eigenvalue weighted by molar-refractivity contribution is 7.92. The molecule has 10 nitrogen and oxygen atoms in total. The van der Waals surface area contributed by atoms with Crippen LogP contribution in [-0.4, -0.2) is 50.0 Å². The van der Waals surface area contributed by atoms with Gasteiger partial charge < -0.3 is 25.2 Å². The van der Waals surface area contributed by atoms with Crippen molar-refractivity contribution in [3.8, 4) is 17.2 Å². The van der Waals surface area contributed by atoms with Gasteiger partial charge in [0.05, 0.1) is 23.5 Å². The quantitative estimate of drug-likeness (QED) is 0.279. The number of carboxylic acid groups (broad SMARTS) is 1. The molecule has 3 N–H and O–H groups in total. The van der Waals surface area contributed by atoms with E-state index in [0.717, 1.165) is 18.2 Å². The summed E-state index contributed by atoms with van der Waals surface area (Å²) in [4.78, 5) is 37.5. The molecule has 2 aliphatic carbocycles. The number of alkyl halides is 3. The Kier molecular flexibility index (Phi) is 8.12. The summed E-state index contributed by atoms with van der Waals surface area (Å²) in [6, 6.07) is 13.5. The van der Waals surface area contributed by atoms with Gasteiger partial charge in [-0.05, 0) is 66.8 Å². The third-order valence-corrected chi connectivity index (χ3v) is 9.02. The zero-order chi connectivity index (χ0) is 31.8. The minimum atomic E-state index is -5.63. The average Bonchev–Trinajstić information content (AvgIpc) is 3.59. The van der Waals surface area contributed by atoms with Gasteiger partial charge >= 0.3 is 11.5 Å². The number of amides is 2. The number of para-hydroxylation sites is 1. The van der Waals surface area contributed by atoms with Crippen LogP contribution in [0.1, 0.15) is 27.1 Å². The molecular formula is C30H25F3N2O8S. The van der Waals surface area contributed by atoms with Crippen molar-refractivity contribution in [2.45, 2.75) is 22.9 Å². The monoisotopic (exact) mass is 630 g/mol. The van der Waals surface area contributed by atoms with E-state index in [2.05, 4.69) is 10.6 Å². The Hall–Kier alpha value is -4.85. The van der Waals surface area contributed by atoms with Gasteiger partial charge in [0.1, 0.15) is 22.8 Å². The van der Waals surface area contributed by atoms with E-state index in [9.17, 15) is 41.1 Å². The second-order valence-electron chi connectivity index (χ2n) is 10.2. The van der Waals surface area contributed by atoms with E-state index in [4.69, 9.17) is 9.47 Å². The van der Waals surface area contributed by atoms with E-state index in [0.29, 0.717) is 6.42 Å². The number of anilines is 1. The number of benzene rings is 3. The Balaban J connectivity index is 1.36. The smallest absolute Gasteiger partial charge is 0.496 e. The zero-order valence-corrected chi connectivity index (χ0v) is 23.7. The molecule has 1 saturated carbocycles. The van der Waals surface area contributed by atoms with E-state index in [1.165, 1.54) is 43.5 Å². The Labute approximate surface area is 249 Å². The third kappa shape index (κ3) is 5.84. The molecule has 3 aromatic rings. The van der Waals surface area contributed by atoms with Crippen molar-refractivity contribution in [3.63, 3.8) is 0 Å². The van der Waals surface area contributed by atoms with Gasteiger partial charge in [0.2, 0.25) is 5.91 Å². The molecule has 3 aromatic carbocycles. The number of carbonyl (C=O) groups excluding carboxylic acids is 2. The van der Waals surface area contributed by atoms with Crippen LogP contribution in [0.25, 0.3) is 0 Å². The van der Waals surface area contributed by atoms with Crippen LogP contribution in [0, 0.1) is 17.8 Å². The number of sulfone groups is 1. The number of carboxylic acids is 1. The van der Waals surface area contributed by atoms with E-state index in [1.807, 2.05) is 12.2 Å². The number of fused-ring (bicyclic) bond motifs is 2. The first-order valence-electron chi connectivity index (χ1n) is 13.2. The van der Waals surface area contributed by atoms with E-state index >= 15 is 0 Å². The van der Waals surface area contributed by atoms with Crippen molar-refractivity contribution >= 4 is 33.3 Å². The number of methoxy groups -OCH3 is 1. The van der Waals surface area contributed by atoms with Crippen molar-refractivity contribution in [3.05, 3.63) is 90.0 Å². The summed E-state index contributed by atoms with van der Waals surface area (Å²) in [6.45, 7) is 0. The number of hydrogen-bond donors (Lipinski definition) is 3. The lowest BCUT2D eigenvalue weighted by atomic mass is 9.87. The summed E-state index contributed by atoms with van der Waals surface area (Å²) >= 11 is 0. The highest BCUT2D eigenvalue weighted by Crippen LogP contribution is 2.45. The number of rotatable bonds is 9. The topological polar surface area (TPSA) is 148 Å². The fraction of sp³-hybridized carbons (Fsp3) is 0.233. The van der Waals surface area contributed by atoms with Gasteiger partial charge in [-0.1, -0.05) is 30.4 Å². The van der Waals surface area contributed by atoms with Crippen LogP contribution >= 0.6 is 0 Å². The number of ether oxygens (including phenoxy) is 2. The molecule has 0 aliphatic heterocycles. The number of nitrogens with one attached hydrogen (secondary N) is 2. The van der Waals surface area contributed by atoms with Crippen LogP contribution in [0.3, 0.4) is 0 Å². The predicted molar refractivity (Wildman–Crippen MR) is 150 cm³/mol. The molecule has 14 heteroatoms. The molecule has 2 bridgehead atoms. The first-order chi connectivity index (χ1) is 20.8. The molecule has 0 radical (unpaired) electrons. The lowest BCUT2D eigenvalue weighted by molar-refractivity contribution is -0.121. The van der Waals surface area contributed by atoms with Crippen LogP contribution in [-0.2, 0) is 14.6 Å². The second kappa shape index (κ2) is 11.7. The highest BCUT2D eigenvalue weighted by Gasteiger charge is 2.49. The van der Waals surface area contributed by atoms with Crippen LogP contribution in [0.4, 0.5) is 18.9 Å². The van der Waals surface area contributed by atoms with Crippen LogP contribution in [0.5, 0.6) is 17.2 Å². The standard InChI is InChI=1S/C30H25F3N2O8S/c1-42-23-12-11-19(43-24-8-3-2-7-21(24)29(38)39)15-22(23)27(36)35-26-17-10-9-16(13-17)25(26)28(37)34-18-5-4-6-20(14-18)44(40,41)30(31,32)33/h2-12,14-17,25-26H,13H2,1H3,(H,34,37)(H,35,36)(H,38,39). The van der Waals surface area contributed by atoms with Gasteiger partial charge in [-0.2, -0.15) is 13.2 Å². The minimum absolute atomic E-state index is 0.0498. The normalized spacial score (nSPS) is 20.6. The minimum Gasteiger partial charge on any atom is -0.496 e. The number of hydrogen-bond acceptors (Lipinski definition) is 7. The Morgan fingerprint density at radius 3 is 2.34 bits per heavy atom. The predicted octanol–water partition coefficient (Wildman–Crippen LogP) is 5.04. The van der Waals surface area contributed by atoms with Crippen molar-refractivity contribution in [2.75, 3.05) is 12.4 Å². The molecule has 230 valence electrons. The molecular weight excluding hydrogens is 605 g/mol. The summed E-state index contributed by atoms with van der Waals surface area (Å²) in [5.41, 5.74) is -5.69. The van der Waals surface area contributed by atoms with E-state index in [-0.39, 0.29) is 45.9 Å². The molecule has 2 aliphatic rings. The second-order valence-corrected chi connectivity index (χ2v) is 12.1. The molecule has 0 aromatic heterocycles. The largest absolute Gasteiger partial charge is 0.501 e. The molecule has 0 spiro atoms. The maximum atomic E-state index is 13.5. The number of carbonyl (C=O) groups is 3. The first-order valence-corrected chi connectivity index (χ1v) is 14.7. The number of aromatic carboxylic acids is 1. The van der Waals surface area contributed by atoms with E-state index < -0.39 is 50.0 Å². The Morgan fingerprint density at radius 2 is 1.64 bits per heavy atom. The van der Waals surface area contributed by atoms with Crippen LogP contribution in [0.2, 0.25) is 0 Å². The van der Waals surface area contributed by atoms with Crippen molar-refractivity contribution in [1.29, 1.82) is 0 Å². The molecule has 0 saturated heterocycles. The first kappa shape index (κ1) is 30.6. The van der Waals surface area contributed by atoms with Gasteiger partial charge in [-0.15, -0.1) is 0 Å². The molecule has 4 unspecified atom stereocenters. The fourth-order valence-electron chi connectivity index (χ4n) is 5.49. The number of halogens is 3. The molecule has 0 heterocycles. The summed E-state index contributed by atoms with van der Waals surface area (Å²) in [5.74, 6) is -3.34. The lowest BCUT2D eigenvalue weighted by Crippen LogP contribution is -2.47. The Morgan fingerprint density at radius 1 is 0.909 bits per heavy atom. The van der Waals surface area contributed by atoms with E-state index in [1.54, 1.807) is 12.1 Å². The van der Waals surface area contributed by atoms with Crippen molar-refractivity contribution in [2.24, 2.45) is 17.8 Å². The average molecular weight is 631 g/mol. The fourth-order valence-corrected chi connectivity index (χ4v) is 6.30. The number of allylic oxidation sites excluding steroid dienone is 1. The maximum Gasteiger partial charge on any atom is 0.501 e. The van der Waals surface area contributed by atoms with Gasteiger partial charge in [-0.25, -0.2) is 13.2 Å². The van der Waals surface area contributed by atoms with Gasteiger partial charge in [0.25, 0.3) is 15.7 Å². The SMILES string of the molecule is COc1ccc(Oc2ccccc2C(=O)O)cc1C(=O)NC1C2C=CC(C2)C1C(=O)Nc1cccc(S(=O)(=O)C(F)(F)F)c1. The molecule has 2 amide bonds. The molecule has 5 rings (SSSR count). The third-order valence-electron chi connectivity index (χ3n) is 7.54. The maximum absolute atomic E-state index is 13.5. The van der Waals surface area contributed by atoms with Crippen LogP contribution < -0.4 is 20.1 Å². The lowest BCUT2D eigenvalue weighted by Gasteiger charge is -2.28. The van der Waals surface area contributed by atoms with Crippen LogP contribution in [0.15, 0.2) is 83.8 Å². The zero-order valence-electron chi connectivity index (χ0n) is 22.9.